The lowest BCUT2D eigenvalue weighted by atomic mass is 10.2. The van der Waals surface area contributed by atoms with E-state index in [4.69, 9.17) is 4.74 Å². The van der Waals surface area contributed by atoms with Crippen LogP contribution in [0.1, 0.15) is 19.5 Å². The van der Waals surface area contributed by atoms with Crippen LogP contribution in [0.15, 0.2) is 18.0 Å². The van der Waals surface area contributed by atoms with Crippen molar-refractivity contribution in [1.82, 2.24) is 9.97 Å². The predicted octanol–water partition coefficient (Wildman–Crippen LogP) is 1.91. The molecule has 1 heterocycles. The van der Waals surface area contributed by atoms with Gasteiger partial charge in [0.15, 0.2) is 0 Å². The van der Waals surface area contributed by atoms with E-state index in [0.717, 1.165) is 5.69 Å². The fraction of sp³-hybridized carbons (Fsp3) is 0.333. The van der Waals surface area contributed by atoms with Gasteiger partial charge in [0.2, 0.25) is 5.88 Å². The van der Waals surface area contributed by atoms with Crippen LogP contribution in [0, 0.1) is 0 Å². The van der Waals surface area contributed by atoms with Crippen LogP contribution in [0.25, 0.3) is 6.08 Å². The Balaban J connectivity index is 2.94. The van der Waals surface area contributed by atoms with Crippen LogP contribution in [0.2, 0.25) is 0 Å². The Morgan fingerprint density at radius 2 is 2.17 bits per heavy atom. The van der Waals surface area contributed by atoms with Crippen molar-refractivity contribution in [1.29, 1.82) is 0 Å². The van der Waals surface area contributed by atoms with E-state index in [0.29, 0.717) is 5.88 Å². The molecule has 64 valence electrons. The van der Waals surface area contributed by atoms with Gasteiger partial charge in [-0.15, -0.1) is 0 Å². The maximum atomic E-state index is 4.96. The fourth-order valence-corrected chi connectivity index (χ4v) is 0.840. The summed E-state index contributed by atoms with van der Waals surface area (Å²) in [5.74, 6) is 0.595. The van der Waals surface area contributed by atoms with Gasteiger partial charge in [0.1, 0.15) is 6.33 Å². The number of allylic oxidation sites excluding steroid dienone is 1. The van der Waals surface area contributed by atoms with Crippen molar-refractivity contribution < 1.29 is 4.74 Å². The smallest absolute Gasteiger partial charge is 0.216 e. The third-order valence-corrected chi connectivity index (χ3v) is 1.31. The van der Waals surface area contributed by atoms with Gasteiger partial charge in [-0.05, 0) is 19.9 Å². The van der Waals surface area contributed by atoms with Gasteiger partial charge in [0.05, 0.1) is 12.8 Å². The van der Waals surface area contributed by atoms with E-state index >= 15 is 0 Å². The van der Waals surface area contributed by atoms with E-state index in [-0.39, 0.29) is 0 Å². The van der Waals surface area contributed by atoms with Crippen molar-refractivity contribution >= 4 is 6.08 Å². The topological polar surface area (TPSA) is 35.0 Å². The van der Waals surface area contributed by atoms with E-state index in [2.05, 4.69) is 9.97 Å². The molecule has 3 nitrogen and oxygen atoms in total. The first-order chi connectivity index (χ1) is 5.72. The quantitative estimate of drug-likeness (QED) is 0.669. The van der Waals surface area contributed by atoms with Crippen molar-refractivity contribution in [2.45, 2.75) is 13.8 Å². The number of ether oxygens (including phenoxy) is 1. The van der Waals surface area contributed by atoms with Crippen LogP contribution >= 0.6 is 0 Å². The highest BCUT2D eigenvalue weighted by molar-refractivity contribution is 5.48. The van der Waals surface area contributed by atoms with E-state index in [1.165, 1.54) is 11.9 Å². The number of rotatable bonds is 2. The average molecular weight is 164 g/mol. The number of hydrogen-bond acceptors (Lipinski definition) is 3. The summed E-state index contributed by atoms with van der Waals surface area (Å²) in [6.45, 7) is 4.04. The molecule has 0 N–H and O–H groups in total. The number of methoxy groups -OCH3 is 1. The van der Waals surface area contributed by atoms with Gasteiger partial charge < -0.3 is 4.74 Å². The Labute approximate surface area is 72.1 Å². The monoisotopic (exact) mass is 164 g/mol. The Kier molecular flexibility index (Phi) is 2.80. The maximum Gasteiger partial charge on any atom is 0.216 e. The molecule has 0 saturated heterocycles. The molecule has 0 bridgehead atoms. The fourth-order valence-electron chi connectivity index (χ4n) is 0.840. The molecule has 1 aromatic heterocycles. The summed E-state index contributed by atoms with van der Waals surface area (Å²) in [7, 11) is 1.59. The first-order valence-corrected chi connectivity index (χ1v) is 3.73. The minimum absolute atomic E-state index is 0.595. The minimum Gasteiger partial charge on any atom is -0.481 e. The lowest BCUT2D eigenvalue weighted by Crippen LogP contribution is -1.89. The molecule has 3 heteroatoms. The lowest BCUT2D eigenvalue weighted by Gasteiger charge is -1.98. The third-order valence-electron chi connectivity index (χ3n) is 1.31. The summed E-state index contributed by atoms with van der Waals surface area (Å²) in [6, 6.07) is 1.80. The van der Waals surface area contributed by atoms with Crippen LogP contribution in [0.4, 0.5) is 0 Å². The molecule has 0 unspecified atom stereocenters. The van der Waals surface area contributed by atoms with Crippen LogP contribution < -0.4 is 4.74 Å². The molecule has 0 amide bonds. The Morgan fingerprint density at radius 3 is 2.75 bits per heavy atom. The highest BCUT2D eigenvalue weighted by Crippen LogP contribution is 2.08. The molecule has 0 radical (unpaired) electrons. The zero-order chi connectivity index (χ0) is 8.97. The van der Waals surface area contributed by atoms with Gasteiger partial charge in [-0.2, -0.15) is 0 Å². The molecule has 0 aromatic carbocycles. The van der Waals surface area contributed by atoms with Crippen LogP contribution in [0.5, 0.6) is 5.88 Å². The van der Waals surface area contributed by atoms with Gasteiger partial charge in [-0.3, -0.25) is 0 Å². The summed E-state index contributed by atoms with van der Waals surface area (Å²) in [6.07, 6.45) is 3.47. The van der Waals surface area contributed by atoms with E-state index < -0.39 is 0 Å². The Hall–Kier alpha value is -1.38. The molecule has 0 spiro atoms. The minimum atomic E-state index is 0.595. The Morgan fingerprint density at radius 1 is 1.42 bits per heavy atom. The number of nitrogens with zero attached hydrogens (tertiary/aromatic N) is 2. The molecular weight excluding hydrogens is 152 g/mol. The zero-order valence-corrected chi connectivity index (χ0v) is 7.53. The SMILES string of the molecule is COc1cc(C=C(C)C)ncn1. The van der Waals surface area contributed by atoms with Crippen molar-refractivity contribution in [3.63, 3.8) is 0 Å². The standard InChI is InChI=1S/C9H12N2O/c1-7(2)4-8-5-9(12-3)11-6-10-8/h4-6H,1-3H3. The van der Waals surface area contributed by atoms with Crippen molar-refractivity contribution in [2.24, 2.45) is 0 Å². The van der Waals surface area contributed by atoms with Crippen LogP contribution in [0.3, 0.4) is 0 Å². The van der Waals surface area contributed by atoms with E-state index in [1.807, 2.05) is 19.9 Å². The van der Waals surface area contributed by atoms with E-state index in [9.17, 15) is 0 Å². The predicted molar refractivity (Wildman–Crippen MR) is 47.9 cm³/mol. The molecular formula is C9H12N2O. The normalized spacial score (nSPS) is 9.25. The van der Waals surface area contributed by atoms with Gasteiger partial charge in [-0.25, -0.2) is 9.97 Å². The van der Waals surface area contributed by atoms with Gasteiger partial charge in [0.25, 0.3) is 0 Å². The molecule has 0 atom stereocenters. The zero-order valence-electron chi connectivity index (χ0n) is 7.53. The summed E-state index contributed by atoms with van der Waals surface area (Å²) in [5, 5.41) is 0. The summed E-state index contributed by atoms with van der Waals surface area (Å²) in [4.78, 5) is 7.96. The van der Waals surface area contributed by atoms with Crippen molar-refractivity contribution in [3.8, 4) is 5.88 Å². The number of hydrogen-bond donors (Lipinski definition) is 0. The third kappa shape index (κ3) is 2.34. The highest BCUT2D eigenvalue weighted by atomic mass is 16.5. The second-order valence-electron chi connectivity index (χ2n) is 2.71. The van der Waals surface area contributed by atoms with Crippen molar-refractivity contribution in [3.05, 3.63) is 23.7 Å². The average Bonchev–Trinajstić information content (AvgIpc) is 2.03. The summed E-state index contributed by atoms with van der Waals surface area (Å²) in [5.41, 5.74) is 2.08. The van der Waals surface area contributed by atoms with Gasteiger partial charge in [0, 0.05) is 6.07 Å². The first kappa shape index (κ1) is 8.71. The molecule has 1 aromatic rings. The first-order valence-electron chi connectivity index (χ1n) is 3.73. The van der Waals surface area contributed by atoms with Gasteiger partial charge >= 0.3 is 0 Å². The molecule has 1 rings (SSSR count). The maximum absolute atomic E-state index is 4.96. The summed E-state index contributed by atoms with van der Waals surface area (Å²) >= 11 is 0. The second kappa shape index (κ2) is 3.85. The van der Waals surface area contributed by atoms with E-state index in [1.54, 1.807) is 13.2 Å². The highest BCUT2D eigenvalue weighted by Gasteiger charge is 1.93. The van der Waals surface area contributed by atoms with Crippen LogP contribution in [-0.2, 0) is 0 Å². The summed E-state index contributed by atoms with van der Waals surface area (Å²) < 4.78 is 4.96. The number of aromatic nitrogens is 2. The molecule has 0 aliphatic carbocycles. The largest absolute Gasteiger partial charge is 0.481 e. The van der Waals surface area contributed by atoms with Gasteiger partial charge in [-0.1, -0.05) is 5.57 Å². The molecule has 12 heavy (non-hydrogen) atoms. The molecule has 0 aliphatic heterocycles. The second-order valence-corrected chi connectivity index (χ2v) is 2.71. The molecule has 0 fully saturated rings. The molecule has 0 aliphatic rings. The molecule has 0 saturated carbocycles. The van der Waals surface area contributed by atoms with Crippen LogP contribution in [-0.4, -0.2) is 17.1 Å². The Bertz CT molecular complexity index is 290. The lowest BCUT2D eigenvalue weighted by molar-refractivity contribution is 0.396. The van der Waals surface area contributed by atoms with Crippen molar-refractivity contribution in [2.75, 3.05) is 7.11 Å².